The van der Waals surface area contributed by atoms with Gasteiger partial charge in [0.15, 0.2) is 17.2 Å². The first-order valence-corrected chi connectivity index (χ1v) is 18.9. The molecule has 4 fully saturated rings. The number of hydrogen-bond donors (Lipinski definition) is 3. The molecule has 5 aliphatic heterocycles. The Balaban J connectivity index is 0.787. The average Bonchev–Trinajstić information content (AvgIpc) is 3.59. The molecule has 4 amide bonds. The predicted octanol–water partition coefficient (Wildman–Crippen LogP) is 3.93. The first-order valence-electron chi connectivity index (χ1n) is 18.1. The number of hydrogen-bond acceptors (Lipinski definition) is 12. The second kappa shape index (κ2) is 13.0. The zero-order valence-electron chi connectivity index (χ0n) is 29.0. The molecule has 14 nitrogen and oxygen atoms in total. The van der Waals surface area contributed by atoms with Crippen LogP contribution in [-0.4, -0.2) is 92.9 Å². The molecule has 4 N–H and O–H groups in total. The number of anilines is 3. The van der Waals surface area contributed by atoms with Gasteiger partial charge >= 0.3 is 0 Å². The maximum atomic E-state index is 13.5. The third-order valence-corrected chi connectivity index (χ3v) is 12.4. The third kappa shape index (κ3) is 6.21. The molecule has 4 aromatic rings. The van der Waals surface area contributed by atoms with Crippen LogP contribution in [0.1, 0.15) is 75.3 Å². The Morgan fingerprint density at radius 3 is 2.42 bits per heavy atom. The van der Waals surface area contributed by atoms with Crippen LogP contribution in [0.2, 0.25) is 0 Å². The number of imide groups is 1. The highest BCUT2D eigenvalue weighted by atomic mass is 32.1. The first-order chi connectivity index (χ1) is 25.7. The van der Waals surface area contributed by atoms with Crippen LogP contribution in [0.15, 0.2) is 60.2 Å². The number of amides is 4. The SMILES string of the molecule is NC(=O)c1ncc(-c2nccs2)nc1Nc1ccc(N2CCC3(CCN(Cc4ccc5c(c4)C(=O)N(C4CCC(=O)NC46CO6)C5=O)CC3)CC2)cc1. The monoisotopic (exact) mass is 733 g/mol. The van der Waals surface area contributed by atoms with Crippen LogP contribution in [0.3, 0.4) is 0 Å². The minimum atomic E-state index is -0.932. The number of carbonyl (C=O) groups excluding carboxylic acids is 4. The quantitative estimate of drug-likeness (QED) is 0.177. The first kappa shape index (κ1) is 33.6. The van der Waals surface area contributed by atoms with Gasteiger partial charge in [0.1, 0.15) is 10.7 Å². The van der Waals surface area contributed by atoms with Gasteiger partial charge in [-0.25, -0.2) is 15.0 Å². The molecule has 2 unspecified atom stereocenters. The van der Waals surface area contributed by atoms with Crippen molar-refractivity contribution in [1.29, 1.82) is 0 Å². The number of aromatic nitrogens is 3. The smallest absolute Gasteiger partial charge is 0.271 e. The van der Waals surface area contributed by atoms with E-state index >= 15 is 0 Å². The van der Waals surface area contributed by atoms with Crippen LogP contribution in [0.5, 0.6) is 0 Å². The maximum Gasteiger partial charge on any atom is 0.271 e. The number of primary amides is 1. The summed E-state index contributed by atoms with van der Waals surface area (Å²) in [5.41, 5.74) is 9.42. The summed E-state index contributed by atoms with van der Waals surface area (Å²) >= 11 is 1.44. The minimum absolute atomic E-state index is 0.0717. The molecule has 0 radical (unpaired) electrons. The molecule has 2 atom stereocenters. The fraction of sp³-hybridized carbons (Fsp3) is 0.395. The van der Waals surface area contributed by atoms with Crippen molar-refractivity contribution in [3.63, 3.8) is 0 Å². The number of nitrogens with one attached hydrogen (secondary N) is 2. The second-order valence-electron chi connectivity index (χ2n) is 14.7. The number of nitrogens with zero attached hydrogens (tertiary/aromatic N) is 6. The van der Waals surface area contributed by atoms with Crippen molar-refractivity contribution >= 4 is 52.2 Å². The number of carbonyl (C=O) groups is 4. The number of benzene rings is 2. The number of piperidine rings is 3. The highest BCUT2D eigenvalue weighted by Gasteiger charge is 2.60. The van der Waals surface area contributed by atoms with Crippen LogP contribution in [0.25, 0.3) is 10.7 Å². The topological polar surface area (TPSA) is 179 Å². The number of thiazole rings is 1. The van der Waals surface area contributed by atoms with E-state index in [9.17, 15) is 19.2 Å². The fourth-order valence-corrected chi connectivity index (χ4v) is 9.03. The van der Waals surface area contributed by atoms with Crippen molar-refractivity contribution in [1.82, 2.24) is 30.1 Å². The van der Waals surface area contributed by atoms with Crippen molar-refractivity contribution in [2.75, 3.05) is 43.0 Å². The highest BCUT2D eigenvalue weighted by Crippen LogP contribution is 2.43. The normalized spacial score (nSPS) is 23.7. The largest absolute Gasteiger partial charge is 0.371 e. The third-order valence-electron chi connectivity index (χ3n) is 11.6. The maximum absolute atomic E-state index is 13.5. The second-order valence-corrected chi connectivity index (χ2v) is 15.6. The van der Waals surface area contributed by atoms with Gasteiger partial charge in [-0.1, -0.05) is 6.07 Å². The van der Waals surface area contributed by atoms with Crippen LogP contribution < -0.4 is 21.3 Å². The van der Waals surface area contributed by atoms with Gasteiger partial charge in [-0.15, -0.1) is 11.3 Å². The molecule has 15 heteroatoms. The molecule has 2 spiro atoms. The lowest BCUT2D eigenvalue weighted by atomic mass is 9.71. The van der Waals surface area contributed by atoms with Crippen molar-refractivity contribution in [2.45, 2.75) is 56.8 Å². The molecular weight excluding hydrogens is 695 g/mol. The van der Waals surface area contributed by atoms with Crippen LogP contribution in [-0.2, 0) is 16.1 Å². The van der Waals surface area contributed by atoms with E-state index in [1.54, 1.807) is 12.3 Å². The number of rotatable bonds is 8. The molecule has 272 valence electrons. The van der Waals surface area contributed by atoms with Crippen LogP contribution >= 0.6 is 11.3 Å². The Labute approximate surface area is 309 Å². The molecule has 7 heterocycles. The predicted molar refractivity (Wildman–Crippen MR) is 197 cm³/mol. The molecule has 0 aliphatic carbocycles. The molecular formula is C38H39N9O5S. The Kier molecular flexibility index (Phi) is 8.24. The molecule has 5 aliphatic rings. The highest BCUT2D eigenvalue weighted by molar-refractivity contribution is 7.13. The number of fused-ring (bicyclic) bond motifs is 1. The summed E-state index contributed by atoms with van der Waals surface area (Å²) in [6, 6.07) is 13.3. The van der Waals surface area contributed by atoms with E-state index in [2.05, 4.69) is 47.5 Å². The Bertz CT molecular complexity index is 2100. The lowest BCUT2D eigenvalue weighted by molar-refractivity contribution is -0.126. The summed E-state index contributed by atoms with van der Waals surface area (Å²) in [7, 11) is 0. The van der Waals surface area contributed by atoms with Crippen molar-refractivity contribution < 1.29 is 23.9 Å². The van der Waals surface area contributed by atoms with Crippen LogP contribution in [0, 0.1) is 5.41 Å². The van der Waals surface area contributed by atoms with Gasteiger partial charge in [-0.05, 0) is 92.6 Å². The van der Waals surface area contributed by atoms with Gasteiger partial charge in [-0.3, -0.25) is 29.0 Å². The zero-order valence-corrected chi connectivity index (χ0v) is 29.9. The Hall–Kier alpha value is -5.25. The lowest BCUT2D eigenvalue weighted by Crippen LogP contribution is -2.59. The fourth-order valence-electron chi connectivity index (χ4n) is 8.44. The zero-order chi connectivity index (χ0) is 36.3. The van der Waals surface area contributed by atoms with E-state index in [-0.39, 0.29) is 29.8 Å². The number of epoxide rings is 1. The van der Waals surface area contributed by atoms with Crippen molar-refractivity contribution in [2.24, 2.45) is 11.1 Å². The van der Waals surface area contributed by atoms with Gasteiger partial charge in [0.2, 0.25) is 5.91 Å². The summed E-state index contributed by atoms with van der Waals surface area (Å²) < 4.78 is 5.57. The minimum Gasteiger partial charge on any atom is -0.371 e. The Morgan fingerprint density at radius 2 is 1.72 bits per heavy atom. The van der Waals surface area contributed by atoms with E-state index in [4.69, 9.17) is 10.5 Å². The summed E-state index contributed by atoms with van der Waals surface area (Å²) in [6.45, 7) is 4.97. The van der Waals surface area contributed by atoms with Gasteiger partial charge in [0.05, 0.1) is 30.0 Å². The van der Waals surface area contributed by atoms with Gasteiger partial charge in [-0.2, -0.15) is 0 Å². The molecule has 0 bridgehead atoms. The summed E-state index contributed by atoms with van der Waals surface area (Å²) in [5, 5.41) is 8.63. The van der Waals surface area contributed by atoms with Gasteiger partial charge in [0, 0.05) is 49.0 Å². The van der Waals surface area contributed by atoms with Crippen LogP contribution in [0.4, 0.5) is 17.2 Å². The summed E-state index contributed by atoms with van der Waals surface area (Å²) in [6.07, 6.45) is 8.37. The Morgan fingerprint density at radius 1 is 0.981 bits per heavy atom. The molecule has 2 aromatic carbocycles. The van der Waals surface area contributed by atoms with Crippen molar-refractivity contribution in [3.8, 4) is 10.7 Å². The van der Waals surface area contributed by atoms with E-state index in [0.29, 0.717) is 46.1 Å². The van der Waals surface area contributed by atoms with E-state index in [1.165, 1.54) is 22.4 Å². The average molecular weight is 734 g/mol. The number of likely N-dealkylation sites (tertiary alicyclic amines) is 1. The molecule has 53 heavy (non-hydrogen) atoms. The standard InChI is InChI=1S/C38H39N9O5S/c39-32(49)31-33(43-28(20-41-31)34-40-13-18-53-34)42-24-2-4-25(5-3-24)46-16-11-37(12-17-46)9-14-45(15-10-37)21-23-1-6-26-27(19-23)36(51)47(35(26)50)29-7-8-30(48)44-38(29)22-52-38/h1-6,13,18-20,29H,7-12,14-17,21-22H2,(H2,39,49)(H,42,43)(H,44,48). The van der Waals surface area contributed by atoms with Gasteiger partial charge in [0.25, 0.3) is 17.7 Å². The number of nitrogens with two attached hydrogens (primary N) is 1. The molecule has 2 aromatic heterocycles. The van der Waals surface area contributed by atoms with E-state index < -0.39 is 17.7 Å². The summed E-state index contributed by atoms with van der Waals surface area (Å²) in [4.78, 5) is 70.3. The molecule has 9 rings (SSSR count). The van der Waals surface area contributed by atoms with Gasteiger partial charge < -0.3 is 26.0 Å². The number of ether oxygens (including phenoxy) is 1. The molecule has 0 saturated carbocycles. The van der Waals surface area contributed by atoms with E-state index in [1.807, 2.05) is 29.6 Å². The van der Waals surface area contributed by atoms with E-state index in [0.717, 1.165) is 75.3 Å². The molecule has 4 saturated heterocycles. The van der Waals surface area contributed by atoms with Crippen molar-refractivity contribution in [3.05, 3.63) is 82.6 Å². The summed E-state index contributed by atoms with van der Waals surface area (Å²) in [5.74, 6) is -1.09. The lowest BCUT2D eigenvalue weighted by Gasteiger charge is -2.47.